The molecule has 1 N–H and O–H groups in total. The van der Waals surface area contributed by atoms with Gasteiger partial charge in [-0.3, -0.25) is 4.79 Å². The molecule has 1 heterocycles. The summed E-state index contributed by atoms with van der Waals surface area (Å²) in [4.78, 5) is 12.6. The van der Waals surface area contributed by atoms with Gasteiger partial charge >= 0.3 is 0 Å². The summed E-state index contributed by atoms with van der Waals surface area (Å²) >= 11 is 7.30. The molecule has 0 aliphatic heterocycles. The zero-order chi connectivity index (χ0) is 22.5. The van der Waals surface area contributed by atoms with Crippen LogP contribution >= 0.6 is 23.4 Å². The number of amides is 1. The summed E-state index contributed by atoms with van der Waals surface area (Å²) in [5, 5.41) is 14.2. The topological polar surface area (TPSA) is 69.0 Å². The second-order valence-corrected chi connectivity index (χ2v) is 8.22. The molecule has 0 atom stereocenters. The fourth-order valence-corrected chi connectivity index (χ4v) is 4.28. The zero-order valence-electron chi connectivity index (χ0n) is 17.2. The maximum Gasteiger partial charge on any atom is 0.234 e. The van der Waals surface area contributed by atoms with Crippen LogP contribution < -0.4 is 10.1 Å². The van der Waals surface area contributed by atoms with Crippen molar-refractivity contribution in [2.45, 2.75) is 25.2 Å². The predicted molar refractivity (Wildman–Crippen MR) is 125 cm³/mol. The number of fused-ring (bicyclic) bond motifs is 1. The van der Waals surface area contributed by atoms with Gasteiger partial charge in [0.25, 0.3) is 0 Å². The zero-order valence-corrected chi connectivity index (χ0v) is 18.8. The first-order valence-corrected chi connectivity index (χ1v) is 11.3. The molecule has 3 aromatic carbocycles. The molecule has 1 aromatic heterocycles. The van der Waals surface area contributed by atoms with Crippen molar-refractivity contribution in [3.8, 4) is 5.75 Å². The van der Waals surface area contributed by atoms with Gasteiger partial charge in [0, 0.05) is 17.6 Å². The number of carbonyl (C=O) groups excluding carboxylic acids is 1. The van der Waals surface area contributed by atoms with Crippen LogP contribution in [0.4, 0.5) is 10.1 Å². The SMILES string of the molecule is CCn1c(COc2ccc(F)cc2Cl)nnc1SCC(=O)Nc1cccc2ccccc12. The third kappa shape index (κ3) is 5.03. The van der Waals surface area contributed by atoms with E-state index in [0.717, 1.165) is 16.5 Å². The van der Waals surface area contributed by atoms with Crippen LogP contribution in [0.5, 0.6) is 5.75 Å². The molecule has 0 aliphatic carbocycles. The van der Waals surface area contributed by atoms with Gasteiger partial charge in [-0.25, -0.2) is 4.39 Å². The van der Waals surface area contributed by atoms with Crippen LogP contribution in [0.1, 0.15) is 12.7 Å². The van der Waals surface area contributed by atoms with Crippen LogP contribution in [0, 0.1) is 5.82 Å². The van der Waals surface area contributed by atoms with Crippen LogP contribution in [0.15, 0.2) is 65.8 Å². The highest BCUT2D eigenvalue weighted by atomic mass is 35.5. The highest BCUT2D eigenvalue weighted by molar-refractivity contribution is 7.99. The van der Waals surface area contributed by atoms with Crippen molar-refractivity contribution in [2.24, 2.45) is 0 Å². The van der Waals surface area contributed by atoms with E-state index in [1.165, 1.54) is 30.0 Å². The minimum atomic E-state index is -0.431. The Hall–Kier alpha value is -3.10. The molecule has 0 fully saturated rings. The number of rotatable bonds is 8. The monoisotopic (exact) mass is 470 g/mol. The van der Waals surface area contributed by atoms with Crippen LogP contribution in [0.2, 0.25) is 5.02 Å². The number of hydrogen-bond acceptors (Lipinski definition) is 5. The summed E-state index contributed by atoms with van der Waals surface area (Å²) in [7, 11) is 0. The number of thioether (sulfide) groups is 1. The molecule has 1 amide bonds. The van der Waals surface area contributed by atoms with Gasteiger partial charge in [0.05, 0.1) is 10.8 Å². The van der Waals surface area contributed by atoms with Crippen molar-refractivity contribution in [1.29, 1.82) is 0 Å². The average Bonchev–Trinajstić information content (AvgIpc) is 3.19. The Labute approximate surface area is 193 Å². The summed E-state index contributed by atoms with van der Waals surface area (Å²) in [6, 6.07) is 17.6. The lowest BCUT2D eigenvalue weighted by Crippen LogP contribution is -2.15. The summed E-state index contributed by atoms with van der Waals surface area (Å²) in [6.07, 6.45) is 0. The molecule has 4 aromatic rings. The lowest BCUT2D eigenvalue weighted by molar-refractivity contribution is -0.113. The lowest BCUT2D eigenvalue weighted by Gasteiger charge is -2.10. The van der Waals surface area contributed by atoms with Crippen LogP contribution in [-0.4, -0.2) is 26.4 Å². The molecule has 0 radical (unpaired) electrons. The Bertz CT molecular complexity index is 1260. The van der Waals surface area contributed by atoms with Gasteiger partial charge in [0.1, 0.15) is 18.2 Å². The lowest BCUT2D eigenvalue weighted by atomic mass is 10.1. The largest absolute Gasteiger partial charge is 0.484 e. The number of carbonyl (C=O) groups is 1. The van der Waals surface area contributed by atoms with E-state index >= 15 is 0 Å². The fraction of sp³-hybridized carbons (Fsp3) is 0.174. The summed E-state index contributed by atoms with van der Waals surface area (Å²) < 4.78 is 20.7. The van der Waals surface area contributed by atoms with Crippen molar-refractivity contribution >= 4 is 45.7 Å². The smallest absolute Gasteiger partial charge is 0.234 e. The van der Waals surface area contributed by atoms with Crippen LogP contribution in [0.3, 0.4) is 0 Å². The molecule has 0 saturated heterocycles. The molecule has 0 bridgehead atoms. The maximum absolute atomic E-state index is 13.2. The summed E-state index contributed by atoms with van der Waals surface area (Å²) in [5.74, 6) is 0.575. The molecule has 6 nitrogen and oxygen atoms in total. The van der Waals surface area contributed by atoms with Gasteiger partial charge in [0.2, 0.25) is 5.91 Å². The molecule has 0 unspecified atom stereocenters. The average molecular weight is 471 g/mol. The number of aromatic nitrogens is 3. The second kappa shape index (κ2) is 10.0. The molecule has 0 aliphatic rings. The van der Waals surface area contributed by atoms with Gasteiger partial charge in [-0.05, 0) is 36.6 Å². The Morgan fingerprint density at radius 2 is 1.97 bits per heavy atom. The minimum Gasteiger partial charge on any atom is -0.484 e. The number of nitrogens with one attached hydrogen (secondary N) is 1. The van der Waals surface area contributed by atoms with E-state index < -0.39 is 5.82 Å². The van der Waals surface area contributed by atoms with E-state index in [4.69, 9.17) is 16.3 Å². The first-order chi connectivity index (χ1) is 15.5. The number of nitrogens with zero attached hydrogens (tertiary/aromatic N) is 3. The molecule has 164 valence electrons. The predicted octanol–water partition coefficient (Wildman–Crippen LogP) is 5.55. The molecule has 32 heavy (non-hydrogen) atoms. The van der Waals surface area contributed by atoms with Gasteiger partial charge in [0.15, 0.2) is 11.0 Å². The Balaban J connectivity index is 1.39. The highest BCUT2D eigenvalue weighted by Gasteiger charge is 2.15. The van der Waals surface area contributed by atoms with E-state index in [0.29, 0.717) is 23.3 Å². The number of hydrogen-bond donors (Lipinski definition) is 1. The van der Waals surface area contributed by atoms with E-state index in [1.807, 2.05) is 54.0 Å². The molecule has 4 rings (SSSR count). The fourth-order valence-electron chi connectivity index (χ4n) is 3.24. The second-order valence-electron chi connectivity index (χ2n) is 6.87. The minimum absolute atomic E-state index is 0.120. The van der Waals surface area contributed by atoms with Crippen molar-refractivity contribution in [2.75, 3.05) is 11.1 Å². The van der Waals surface area contributed by atoms with E-state index in [2.05, 4.69) is 15.5 Å². The summed E-state index contributed by atoms with van der Waals surface area (Å²) in [5.41, 5.74) is 0.774. The Morgan fingerprint density at radius 1 is 1.16 bits per heavy atom. The Kier molecular flexibility index (Phi) is 6.92. The quantitative estimate of drug-likeness (QED) is 0.342. The number of anilines is 1. The highest BCUT2D eigenvalue weighted by Crippen LogP contribution is 2.27. The molecular weight excluding hydrogens is 451 g/mol. The number of benzene rings is 3. The van der Waals surface area contributed by atoms with Gasteiger partial charge in [-0.2, -0.15) is 0 Å². The van der Waals surface area contributed by atoms with Crippen molar-refractivity contribution in [3.63, 3.8) is 0 Å². The summed E-state index contributed by atoms with van der Waals surface area (Å²) in [6.45, 7) is 2.68. The van der Waals surface area contributed by atoms with Gasteiger partial charge in [-0.15, -0.1) is 10.2 Å². The van der Waals surface area contributed by atoms with E-state index in [9.17, 15) is 9.18 Å². The van der Waals surface area contributed by atoms with Crippen molar-refractivity contribution in [3.05, 3.63) is 77.3 Å². The molecule has 0 spiro atoms. The third-order valence-electron chi connectivity index (χ3n) is 4.76. The first-order valence-electron chi connectivity index (χ1n) is 9.95. The molecule has 0 saturated carbocycles. The van der Waals surface area contributed by atoms with E-state index in [-0.39, 0.29) is 23.3 Å². The maximum atomic E-state index is 13.2. The van der Waals surface area contributed by atoms with Crippen molar-refractivity contribution < 1.29 is 13.9 Å². The third-order valence-corrected chi connectivity index (χ3v) is 6.02. The van der Waals surface area contributed by atoms with E-state index in [1.54, 1.807) is 0 Å². The van der Waals surface area contributed by atoms with Crippen LogP contribution in [0.25, 0.3) is 10.8 Å². The molecular formula is C23H20ClFN4O2S. The number of ether oxygens (including phenoxy) is 1. The normalized spacial score (nSPS) is 11.0. The van der Waals surface area contributed by atoms with Crippen molar-refractivity contribution in [1.82, 2.24) is 14.8 Å². The Morgan fingerprint density at radius 3 is 2.78 bits per heavy atom. The standard InChI is InChI=1S/C23H20ClFN4O2S/c1-2-29-21(13-31-20-11-10-16(25)12-18(20)24)27-28-23(29)32-14-22(30)26-19-9-5-7-15-6-3-4-8-17(15)19/h3-12H,2,13-14H2,1H3,(H,26,30). The van der Waals surface area contributed by atoms with Gasteiger partial charge in [-0.1, -0.05) is 59.8 Å². The number of halogens is 2. The van der Waals surface area contributed by atoms with Gasteiger partial charge < -0.3 is 14.6 Å². The van der Waals surface area contributed by atoms with Crippen LogP contribution in [-0.2, 0) is 17.9 Å². The first kappa shape index (κ1) is 22.1. The molecule has 9 heteroatoms.